The highest BCUT2D eigenvalue weighted by molar-refractivity contribution is 6.09. The molecule has 3 rings (SSSR count). The van der Waals surface area contributed by atoms with E-state index < -0.39 is 0 Å². The van der Waals surface area contributed by atoms with Crippen LogP contribution in [0.5, 0.6) is 5.88 Å². The second-order valence-corrected chi connectivity index (χ2v) is 8.34. The van der Waals surface area contributed by atoms with Crippen LogP contribution in [0.15, 0.2) is 23.5 Å². The van der Waals surface area contributed by atoms with Gasteiger partial charge in [0, 0.05) is 44.0 Å². The summed E-state index contributed by atoms with van der Waals surface area (Å²) in [6.45, 7) is 6.91. The molecule has 0 saturated carbocycles. The molecule has 3 N–H and O–H groups in total. The van der Waals surface area contributed by atoms with Crippen LogP contribution < -0.4 is 15.8 Å². The van der Waals surface area contributed by atoms with Gasteiger partial charge in [0.15, 0.2) is 11.6 Å². The lowest BCUT2D eigenvalue weighted by atomic mass is 9.99. The van der Waals surface area contributed by atoms with Crippen LogP contribution in [-0.2, 0) is 9.53 Å². The van der Waals surface area contributed by atoms with Crippen molar-refractivity contribution < 1.29 is 14.3 Å². The van der Waals surface area contributed by atoms with Crippen molar-refractivity contribution in [1.29, 1.82) is 0 Å². The summed E-state index contributed by atoms with van der Waals surface area (Å²) in [5.74, 6) is 1.43. The minimum atomic E-state index is 0.0700. The number of rotatable bonds is 11. The normalized spacial score (nSPS) is 14.4. The minimum Gasteiger partial charge on any atom is -0.478 e. The molecule has 3 heterocycles. The number of Topliss-reactive ketones (excluding diaryl/α,β-unsaturated/α-hetero) is 1. The third-order valence-electron chi connectivity index (χ3n) is 5.22. The number of nitrogen functional groups attached to an aromatic ring is 1. The average Bonchev–Trinajstić information content (AvgIpc) is 3.24. The van der Waals surface area contributed by atoms with Crippen LogP contribution in [0.4, 0.5) is 11.8 Å². The first-order chi connectivity index (χ1) is 15.8. The number of allylic oxidation sites excluding steroid dienone is 1. The van der Waals surface area contributed by atoms with E-state index >= 15 is 0 Å². The fourth-order valence-corrected chi connectivity index (χ4v) is 3.48. The molecule has 1 aliphatic heterocycles. The van der Waals surface area contributed by atoms with Gasteiger partial charge in [-0.05, 0) is 17.9 Å². The van der Waals surface area contributed by atoms with E-state index in [1.54, 1.807) is 12.4 Å². The van der Waals surface area contributed by atoms with E-state index in [-0.39, 0.29) is 35.9 Å². The molecule has 0 bridgehead atoms. The van der Waals surface area contributed by atoms with E-state index in [2.05, 4.69) is 34.1 Å². The molecule has 0 saturated heterocycles. The number of aromatic nitrogens is 4. The Morgan fingerprint density at radius 1 is 1.18 bits per heavy atom. The molecule has 176 valence electrons. The molecule has 10 heteroatoms. The van der Waals surface area contributed by atoms with E-state index in [1.807, 2.05) is 13.0 Å². The maximum Gasteiger partial charge on any atom is 0.257 e. The molecule has 0 spiro atoms. The van der Waals surface area contributed by atoms with Gasteiger partial charge in [0.25, 0.3) is 5.88 Å². The van der Waals surface area contributed by atoms with E-state index in [0.717, 1.165) is 17.0 Å². The molecule has 1 atom stereocenters. The first kappa shape index (κ1) is 24.2. The minimum absolute atomic E-state index is 0.0700. The van der Waals surface area contributed by atoms with Crippen molar-refractivity contribution in [1.82, 2.24) is 19.9 Å². The fourth-order valence-electron chi connectivity index (χ4n) is 3.48. The summed E-state index contributed by atoms with van der Waals surface area (Å²) >= 11 is 0. The van der Waals surface area contributed by atoms with Gasteiger partial charge in [-0.3, -0.25) is 9.79 Å². The molecular weight excluding hydrogens is 422 g/mol. The Morgan fingerprint density at radius 3 is 2.67 bits per heavy atom. The Morgan fingerprint density at radius 2 is 1.97 bits per heavy atom. The van der Waals surface area contributed by atoms with Gasteiger partial charge in [0.05, 0.1) is 24.7 Å². The SMILES string of the molecule is COCC(=O)C[C@@H](C)CNc1nccc(C2=C(c3cnc(N)c(OC)n3)N=C(C(C)C)C2)n1. The summed E-state index contributed by atoms with van der Waals surface area (Å²) in [7, 11) is 3.02. The van der Waals surface area contributed by atoms with E-state index in [0.29, 0.717) is 36.7 Å². The van der Waals surface area contributed by atoms with Crippen molar-refractivity contribution in [3.05, 3.63) is 29.8 Å². The molecule has 33 heavy (non-hydrogen) atoms. The predicted molar refractivity (Wildman–Crippen MR) is 128 cm³/mol. The van der Waals surface area contributed by atoms with Crippen molar-refractivity contribution in [3.63, 3.8) is 0 Å². The van der Waals surface area contributed by atoms with Crippen molar-refractivity contribution >= 4 is 34.5 Å². The molecule has 0 radical (unpaired) electrons. The smallest absolute Gasteiger partial charge is 0.257 e. The molecule has 0 aromatic carbocycles. The van der Waals surface area contributed by atoms with Crippen molar-refractivity contribution in [2.45, 2.75) is 33.6 Å². The number of nitrogens with zero attached hydrogens (tertiary/aromatic N) is 5. The number of aliphatic imine (C=N–C) groups is 1. The summed E-state index contributed by atoms with van der Waals surface area (Å²) < 4.78 is 10.1. The number of nitrogens with two attached hydrogens (primary N) is 1. The topological polar surface area (TPSA) is 138 Å². The molecule has 0 unspecified atom stereocenters. The number of hydrogen-bond acceptors (Lipinski definition) is 10. The number of ether oxygens (including phenoxy) is 2. The fraction of sp³-hybridized carbons (Fsp3) is 0.478. The van der Waals surface area contributed by atoms with Crippen LogP contribution >= 0.6 is 0 Å². The lowest BCUT2D eigenvalue weighted by Crippen LogP contribution is -2.18. The number of carbonyl (C=O) groups is 1. The highest BCUT2D eigenvalue weighted by Crippen LogP contribution is 2.36. The monoisotopic (exact) mass is 453 g/mol. The number of carbonyl (C=O) groups excluding carboxylic acids is 1. The van der Waals surface area contributed by atoms with Crippen LogP contribution in [0.25, 0.3) is 11.3 Å². The Balaban J connectivity index is 1.85. The summed E-state index contributed by atoms with van der Waals surface area (Å²) in [6.07, 6.45) is 4.39. The third kappa shape index (κ3) is 6.10. The Hall–Kier alpha value is -3.40. The quantitative estimate of drug-likeness (QED) is 0.526. The number of ketones is 1. The molecule has 0 fully saturated rings. The zero-order chi connectivity index (χ0) is 24.0. The van der Waals surface area contributed by atoms with Crippen molar-refractivity contribution in [2.75, 3.05) is 38.4 Å². The van der Waals surface area contributed by atoms with Gasteiger partial charge in [0.1, 0.15) is 12.3 Å². The second-order valence-electron chi connectivity index (χ2n) is 8.34. The lowest BCUT2D eigenvalue weighted by molar-refractivity contribution is -0.123. The molecule has 10 nitrogen and oxygen atoms in total. The van der Waals surface area contributed by atoms with Gasteiger partial charge in [-0.15, -0.1) is 0 Å². The Labute approximate surface area is 193 Å². The van der Waals surface area contributed by atoms with Crippen LogP contribution in [0.2, 0.25) is 0 Å². The Kier molecular flexibility index (Phi) is 8.05. The summed E-state index contributed by atoms with van der Waals surface area (Å²) in [5.41, 5.74) is 9.84. The molecule has 2 aromatic heterocycles. The number of anilines is 2. The maximum absolute atomic E-state index is 11.8. The van der Waals surface area contributed by atoms with Gasteiger partial charge in [-0.25, -0.2) is 19.9 Å². The van der Waals surface area contributed by atoms with Gasteiger partial charge >= 0.3 is 0 Å². The lowest BCUT2D eigenvalue weighted by Gasteiger charge is -2.13. The molecule has 2 aromatic rings. The first-order valence-corrected chi connectivity index (χ1v) is 10.9. The van der Waals surface area contributed by atoms with Crippen LogP contribution in [0, 0.1) is 11.8 Å². The summed E-state index contributed by atoms with van der Waals surface area (Å²) in [6, 6.07) is 1.85. The third-order valence-corrected chi connectivity index (χ3v) is 5.22. The molecule has 0 aliphatic carbocycles. The average molecular weight is 454 g/mol. The number of nitrogens with one attached hydrogen (secondary N) is 1. The largest absolute Gasteiger partial charge is 0.478 e. The van der Waals surface area contributed by atoms with E-state index in [9.17, 15) is 4.79 Å². The standard InChI is InChI=1S/C23H31N7O3/c1-13(2)18-9-16(20(28-18)19-11-26-21(24)22(29-19)33-5)17-6-7-25-23(30-17)27-10-14(3)8-15(31)12-32-4/h6-7,11,13-14H,8-10,12H2,1-5H3,(H2,24,26)(H,25,27,30)/t14-/m1/s1. The predicted octanol–water partition coefficient (Wildman–Crippen LogP) is 2.88. The Bertz CT molecular complexity index is 1070. The molecule has 0 amide bonds. The van der Waals surface area contributed by atoms with Crippen LogP contribution in [0.1, 0.15) is 45.0 Å². The second kappa shape index (κ2) is 11.0. The van der Waals surface area contributed by atoms with E-state index in [4.69, 9.17) is 25.2 Å². The molecular formula is C23H31N7O3. The first-order valence-electron chi connectivity index (χ1n) is 10.9. The highest BCUT2D eigenvalue weighted by Gasteiger charge is 2.25. The van der Waals surface area contributed by atoms with Gasteiger partial charge in [0.2, 0.25) is 5.95 Å². The van der Waals surface area contributed by atoms with Crippen LogP contribution in [0.3, 0.4) is 0 Å². The maximum atomic E-state index is 11.8. The summed E-state index contributed by atoms with van der Waals surface area (Å²) in [4.78, 5) is 34.4. The van der Waals surface area contributed by atoms with E-state index in [1.165, 1.54) is 14.2 Å². The van der Waals surface area contributed by atoms with Crippen LogP contribution in [-0.4, -0.2) is 58.8 Å². The van der Waals surface area contributed by atoms with Gasteiger partial charge in [-0.2, -0.15) is 0 Å². The van der Waals surface area contributed by atoms with Gasteiger partial charge in [-0.1, -0.05) is 20.8 Å². The number of methoxy groups -OCH3 is 2. The number of hydrogen-bond donors (Lipinski definition) is 2. The van der Waals surface area contributed by atoms with Gasteiger partial charge < -0.3 is 20.5 Å². The summed E-state index contributed by atoms with van der Waals surface area (Å²) in [5, 5.41) is 3.23. The zero-order valence-corrected chi connectivity index (χ0v) is 19.8. The zero-order valence-electron chi connectivity index (χ0n) is 19.8. The van der Waals surface area contributed by atoms with Crippen molar-refractivity contribution in [2.24, 2.45) is 16.8 Å². The highest BCUT2D eigenvalue weighted by atomic mass is 16.5. The molecule has 1 aliphatic rings. The van der Waals surface area contributed by atoms with Crippen molar-refractivity contribution in [3.8, 4) is 5.88 Å².